The van der Waals surface area contributed by atoms with Crippen LogP contribution in [0.15, 0.2) is 24.3 Å². The lowest BCUT2D eigenvalue weighted by Gasteiger charge is -2.22. The van der Waals surface area contributed by atoms with Gasteiger partial charge in [-0.25, -0.2) is 0 Å². The second-order valence-corrected chi connectivity index (χ2v) is 5.78. The average Bonchev–Trinajstić information content (AvgIpc) is 3.00. The molecule has 0 fully saturated rings. The zero-order valence-electron chi connectivity index (χ0n) is 12.1. The molecule has 2 aromatic rings. The summed E-state index contributed by atoms with van der Waals surface area (Å²) >= 11 is 6.34. The normalized spacial score (nSPS) is 18.4. The first-order valence-corrected chi connectivity index (χ1v) is 7.35. The minimum Gasteiger partial charge on any atom is -0.493 e. The number of hydrogen-bond acceptors (Lipinski definition) is 4. The summed E-state index contributed by atoms with van der Waals surface area (Å²) in [6, 6.07) is 8.13. The molecule has 21 heavy (non-hydrogen) atoms. The van der Waals surface area contributed by atoms with Crippen molar-refractivity contribution in [2.24, 2.45) is 12.9 Å². The number of benzene rings is 1. The van der Waals surface area contributed by atoms with Crippen LogP contribution < -0.4 is 16.0 Å². The van der Waals surface area contributed by atoms with Gasteiger partial charge in [0.2, 0.25) is 0 Å². The van der Waals surface area contributed by atoms with Gasteiger partial charge in [0.15, 0.2) is 0 Å². The van der Waals surface area contributed by atoms with Crippen molar-refractivity contribution in [1.29, 1.82) is 0 Å². The minimum absolute atomic E-state index is 0.0425. The predicted molar refractivity (Wildman–Crippen MR) is 82.4 cm³/mol. The third kappa shape index (κ3) is 2.52. The van der Waals surface area contributed by atoms with Crippen LogP contribution in [0.3, 0.4) is 0 Å². The van der Waals surface area contributed by atoms with Crippen LogP contribution in [0.1, 0.15) is 22.9 Å². The summed E-state index contributed by atoms with van der Waals surface area (Å²) in [4.78, 5) is 0. The Morgan fingerprint density at radius 2 is 2.29 bits per heavy atom. The van der Waals surface area contributed by atoms with Crippen LogP contribution in [0.4, 0.5) is 0 Å². The molecule has 0 spiro atoms. The van der Waals surface area contributed by atoms with Gasteiger partial charge in [0.05, 0.1) is 23.0 Å². The highest BCUT2D eigenvalue weighted by molar-refractivity contribution is 6.31. The maximum absolute atomic E-state index is 6.34. The summed E-state index contributed by atoms with van der Waals surface area (Å²) in [5, 5.41) is 5.07. The zero-order chi connectivity index (χ0) is 15.0. The molecule has 1 aliphatic heterocycles. The SMILES string of the molecule is Cc1nn(C)c(CC(NN)C2COc3ccccc32)c1Cl. The largest absolute Gasteiger partial charge is 0.493 e. The molecule has 2 unspecified atom stereocenters. The van der Waals surface area contributed by atoms with Gasteiger partial charge in [-0.3, -0.25) is 16.0 Å². The zero-order valence-corrected chi connectivity index (χ0v) is 12.9. The Kier molecular flexibility index (Phi) is 3.89. The number of hydrazine groups is 1. The van der Waals surface area contributed by atoms with E-state index in [2.05, 4.69) is 16.6 Å². The number of fused-ring (bicyclic) bond motifs is 1. The summed E-state index contributed by atoms with van der Waals surface area (Å²) in [5.74, 6) is 6.93. The summed E-state index contributed by atoms with van der Waals surface area (Å²) in [6.07, 6.45) is 0.703. The molecular formula is C15H19ClN4O. The maximum Gasteiger partial charge on any atom is 0.122 e. The number of aryl methyl sites for hydroxylation is 2. The molecule has 0 radical (unpaired) electrons. The third-order valence-corrected chi connectivity index (χ3v) is 4.60. The predicted octanol–water partition coefficient (Wildman–Crippen LogP) is 1.93. The monoisotopic (exact) mass is 306 g/mol. The average molecular weight is 307 g/mol. The van der Waals surface area contributed by atoms with E-state index in [-0.39, 0.29) is 12.0 Å². The van der Waals surface area contributed by atoms with E-state index in [0.717, 1.165) is 17.1 Å². The van der Waals surface area contributed by atoms with Gasteiger partial charge in [-0.15, -0.1) is 0 Å². The highest BCUT2D eigenvalue weighted by Crippen LogP contribution is 2.36. The topological polar surface area (TPSA) is 65.1 Å². The molecule has 112 valence electrons. The lowest BCUT2D eigenvalue weighted by atomic mass is 9.90. The van der Waals surface area contributed by atoms with Crippen LogP contribution in [0, 0.1) is 6.92 Å². The first kappa shape index (κ1) is 14.4. The Bertz CT molecular complexity index is 655. The van der Waals surface area contributed by atoms with E-state index in [0.29, 0.717) is 18.1 Å². The Morgan fingerprint density at radius 1 is 1.52 bits per heavy atom. The standard InChI is InChI=1S/C15H19ClN4O/c1-9-15(16)13(20(2)19-9)7-12(18-17)11-8-21-14-6-4-3-5-10(11)14/h3-6,11-12,18H,7-8,17H2,1-2H3. The van der Waals surface area contributed by atoms with Crippen LogP contribution in [0.5, 0.6) is 5.75 Å². The number of halogens is 1. The molecule has 2 heterocycles. The number of aromatic nitrogens is 2. The number of nitrogens with one attached hydrogen (secondary N) is 1. The summed E-state index contributed by atoms with van der Waals surface area (Å²) in [5.41, 5.74) is 5.94. The van der Waals surface area contributed by atoms with Gasteiger partial charge >= 0.3 is 0 Å². The first-order valence-electron chi connectivity index (χ1n) is 6.97. The van der Waals surface area contributed by atoms with Crippen LogP contribution in [0.2, 0.25) is 5.02 Å². The Labute approximate surface area is 129 Å². The van der Waals surface area contributed by atoms with E-state index in [4.69, 9.17) is 22.2 Å². The fraction of sp³-hybridized carbons (Fsp3) is 0.400. The first-order chi connectivity index (χ1) is 10.1. The van der Waals surface area contributed by atoms with Crippen molar-refractivity contribution in [3.8, 4) is 5.75 Å². The number of ether oxygens (including phenoxy) is 1. The Hall–Kier alpha value is -1.56. The van der Waals surface area contributed by atoms with Crippen molar-refractivity contribution in [3.05, 3.63) is 46.2 Å². The molecule has 6 heteroatoms. The molecule has 0 aliphatic carbocycles. The van der Waals surface area contributed by atoms with Crippen LogP contribution in [-0.2, 0) is 13.5 Å². The van der Waals surface area contributed by atoms with Gasteiger partial charge in [0, 0.05) is 31.0 Å². The van der Waals surface area contributed by atoms with Crippen molar-refractivity contribution in [2.45, 2.75) is 25.3 Å². The van der Waals surface area contributed by atoms with E-state index < -0.39 is 0 Å². The van der Waals surface area contributed by atoms with Crippen LogP contribution in [0.25, 0.3) is 0 Å². The maximum atomic E-state index is 6.34. The molecule has 1 aromatic carbocycles. The second kappa shape index (κ2) is 5.67. The molecular weight excluding hydrogens is 288 g/mol. The van der Waals surface area contributed by atoms with Gasteiger partial charge in [-0.05, 0) is 13.0 Å². The lowest BCUT2D eigenvalue weighted by molar-refractivity contribution is 0.296. The number of hydrogen-bond donors (Lipinski definition) is 2. The van der Waals surface area contributed by atoms with E-state index in [1.165, 1.54) is 5.56 Å². The number of nitrogens with zero attached hydrogens (tertiary/aromatic N) is 2. The quantitative estimate of drug-likeness (QED) is 0.669. The molecule has 0 saturated heterocycles. The van der Waals surface area contributed by atoms with E-state index >= 15 is 0 Å². The fourth-order valence-corrected chi connectivity index (χ4v) is 3.19. The molecule has 5 nitrogen and oxygen atoms in total. The molecule has 3 rings (SSSR count). The lowest BCUT2D eigenvalue weighted by Crippen LogP contribution is -2.42. The Morgan fingerprint density at radius 3 is 2.95 bits per heavy atom. The molecule has 0 saturated carbocycles. The highest BCUT2D eigenvalue weighted by atomic mass is 35.5. The van der Waals surface area contributed by atoms with Crippen molar-refractivity contribution < 1.29 is 4.74 Å². The molecule has 0 amide bonds. The van der Waals surface area contributed by atoms with Gasteiger partial charge in [0.25, 0.3) is 0 Å². The minimum atomic E-state index is 0.0425. The van der Waals surface area contributed by atoms with Crippen molar-refractivity contribution in [1.82, 2.24) is 15.2 Å². The highest BCUT2D eigenvalue weighted by Gasteiger charge is 2.32. The second-order valence-electron chi connectivity index (χ2n) is 5.40. The summed E-state index contributed by atoms with van der Waals surface area (Å²) in [7, 11) is 1.90. The molecule has 0 bridgehead atoms. The van der Waals surface area contributed by atoms with E-state index in [1.54, 1.807) is 0 Å². The Balaban J connectivity index is 1.87. The molecule has 1 aromatic heterocycles. The molecule has 3 N–H and O–H groups in total. The van der Waals surface area contributed by atoms with Gasteiger partial charge in [-0.1, -0.05) is 29.8 Å². The van der Waals surface area contributed by atoms with Crippen molar-refractivity contribution >= 4 is 11.6 Å². The fourth-order valence-electron chi connectivity index (χ4n) is 2.95. The number of rotatable bonds is 4. The summed E-state index contributed by atoms with van der Waals surface area (Å²) in [6.45, 7) is 2.54. The number of para-hydroxylation sites is 1. The van der Waals surface area contributed by atoms with E-state index in [1.807, 2.05) is 36.9 Å². The third-order valence-electron chi connectivity index (χ3n) is 4.11. The summed E-state index contributed by atoms with van der Waals surface area (Å²) < 4.78 is 7.57. The van der Waals surface area contributed by atoms with Crippen molar-refractivity contribution in [2.75, 3.05) is 6.61 Å². The van der Waals surface area contributed by atoms with Gasteiger partial charge < -0.3 is 4.74 Å². The van der Waals surface area contributed by atoms with Gasteiger partial charge in [-0.2, -0.15) is 5.10 Å². The van der Waals surface area contributed by atoms with Crippen LogP contribution in [-0.4, -0.2) is 22.4 Å². The molecule has 1 aliphatic rings. The molecule has 2 atom stereocenters. The number of nitrogens with two attached hydrogens (primary N) is 1. The van der Waals surface area contributed by atoms with E-state index in [9.17, 15) is 0 Å². The van der Waals surface area contributed by atoms with Crippen molar-refractivity contribution in [3.63, 3.8) is 0 Å². The van der Waals surface area contributed by atoms with Gasteiger partial charge in [0.1, 0.15) is 5.75 Å². The van der Waals surface area contributed by atoms with Crippen LogP contribution >= 0.6 is 11.6 Å². The smallest absolute Gasteiger partial charge is 0.122 e.